The third-order valence-electron chi connectivity index (χ3n) is 3.75. The molecule has 0 spiro atoms. The molecule has 0 radical (unpaired) electrons. The molecule has 0 aromatic carbocycles. The van der Waals surface area contributed by atoms with Gasteiger partial charge in [-0.15, -0.1) is 6.42 Å². The van der Waals surface area contributed by atoms with Crippen LogP contribution in [0.2, 0.25) is 0 Å². The first-order chi connectivity index (χ1) is 10.8. The number of fused-ring (bicyclic) bond motifs is 1. The summed E-state index contributed by atoms with van der Waals surface area (Å²) < 4.78 is 35.0. The molecule has 2 aromatic rings. The van der Waals surface area contributed by atoms with E-state index in [9.17, 15) is 18.7 Å². The number of rotatable bonds is 2. The minimum absolute atomic E-state index is 0.295. The zero-order valence-electron chi connectivity index (χ0n) is 11.5. The van der Waals surface area contributed by atoms with E-state index in [-0.39, 0.29) is 11.6 Å². The Hall–Kier alpha value is -2.48. The molecule has 3 heterocycles. The second kappa shape index (κ2) is 5.02. The second-order valence-corrected chi connectivity index (χ2v) is 5.10. The molecular weight excluding hydrogens is 314 g/mol. The molecule has 0 bridgehead atoms. The summed E-state index contributed by atoms with van der Waals surface area (Å²) in [7, 11) is 0. The number of H-pyrrole nitrogens is 1. The number of nitrogens with two attached hydrogens (primary N) is 1. The summed E-state index contributed by atoms with van der Waals surface area (Å²) in [6, 6.07) is 0. The van der Waals surface area contributed by atoms with E-state index < -0.39 is 47.5 Å². The van der Waals surface area contributed by atoms with Crippen molar-refractivity contribution in [1.29, 1.82) is 0 Å². The molecule has 2 aromatic heterocycles. The number of halogens is 2. The number of nitrogens with one attached hydrogen (secondary N) is 1. The van der Waals surface area contributed by atoms with E-state index in [1.54, 1.807) is 5.92 Å². The fraction of sp³-hybridized carbons (Fsp3) is 0.385. The number of terminal acetylenes is 1. The Balaban J connectivity index is 2.25. The van der Waals surface area contributed by atoms with Crippen LogP contribution in [0.25, 0.3) is 11.0 Å². The van der Waals surface area contributed by atoms with Crippen LogP contribution in [0.4, 0.5) is 14.7 Å². The Bertz CT molecular complexity index is 873. The number of aliphatic hydroxyl groups excluding tert-OH is 2. The van der Waals surface area contributed by atoms with Crippen molar-refractivity contribution in [1.82, 2.24) is 14.5 Å². The molecule has 8 nitrogen and oxygen atoms in total. The minimum Gasteiger partial charge on any atom is -0.394 e. The van der Waals surface area contributed by atoms with Crippen LogP contribution in [-0.4, -0.2) is 49.2 Å². The molecule has 5 N–H and O–H groups in total. The summed E-state index contributed by atoms with van der Waals surface area (Å²) in [6.45, 7) is -0.706. The van der Waals surface area contributed by atoms with Gasteiger partial charge in [-0.1, -0.05) is 5.92 Å². The molecule has 0 amide bonds. The average Bonchev–Trinajstić information content (AvgIpc) is 2.95. The third-order valence-corrected chi connectivity index (χ3v) is 3.75. The molecule has 0 saturated carbocycles. The number of hydrogen-bond acceptors (Lipinski definition) is 6. The van der Waals surface area contributed by atoms with Crippen LogP contribution < -0.4 is 11.3 Å². The normalized spacial score (nSPS) is 30.7. The molecular formula is C13H12F2N4O4. The fourth-order valence-corrected chi connectivity index (χ4v) is 2.63. The van der Waals surface area contributed by atoms with E-state index in [0.717, 1.165) is 10.8 Å². The van der Waals surface area contributed by atoms with Crippen molar-refractivity contribution in [3.05, 3.63) is 22.4 Å². The highest BCUT2D eigenvalue weighted by Crippen LogP contribution is 2.42. The first-order valence-electron chi connectivity index (χ1n) is 6.50. The second-order valence-electron chi connectivity index (χ2n) is 5.10. The highest BCUT2D eigenvalue weighted by atomic mass is 19.1. The van der Waals surface area contributed by atoms with E-state index in [0.29, 0.717) is 0 Å². The van der Waals surface area contributed by atoms with E-state index in [1.165, 1.54) is 0 Å². The van der Waals surface area contributed by atoms with Crippen LogP contribution >= 0.6 is 0 Å². The first kappa shape index (κ1) is 15.4. The van der Waals surface area contributed by atoms with Gasteiger partial charge in [-0.05, 0) is 0 Å². The summed E-state index contributed by atoms with van der Waals surface area (Å²) >= 11 is 0. The van der Waals surface area contributed by atoms with Crippen LogP contribution in [0.5, 0.6) is 0 Å². The smallest absolute Gasteiger partial charge is 0.264 e. The Morgan fingerprint density at radius 2 is 2.35 bits per heavy atom. The summed E-state index contributed by atoms with van der Waals surface area (Å²) in [6.07, 6.45) is 1.06. The molecule has 10 heteroatoms. The van der Waals surface area contributed by atoms with Gasteiger partial charge in [0.25, 0.3) is 5.56 Å². The Labute approximate surface area is 127 Å². The van der Waals surface area contributed by atoms with E-state index >= 15 is 0 Å². The SMILES string of the molecule is C#C[C@@]1(F)C(O)[C@@H](CO)O[C@H]1n1cc(F)c2c(=O)[nH]c(N)nc21. The van der Waals surface area contributed by atoms with Crippen LogP contribution in [0.3, 0.4) is 0 Å². The van der Waals surface area contributed by atoms with Crippen LogP contribution in [-0.2, 0) is 4.74 Å². The highest BCUT2D eigenvalue weighted by molar-refractivity contribution is 5.77. The maximum absolute atomic E-state index is 15.0. The maximum atomic E-state index is 15.0. The Morgan fingerprint density at radius 1 is 1.65 bits per heavy atom. The van der Waals surface area contributed by atoms with Crippen LogP contribution in [0.1, 0.15) is 6.23 Å². The monoisotopic (exact) mass is 326 g/mol. The van der Waals surface area contributed by atoms with Gasteiger partial charge in [-0.25, -0.2) is 8.78 Å². The molecule has 1 unspecified atom stereocenters. The van der Waals surface area contributed by atoms with Crippen molar-refractivity contribution in [2.75, 3.05) is 12.3 Å². The predicted octanol–water partition coefficient (Wildman–Crippen LogP) is -0.962. The molecule has 3 rings (SSSR count). The lowest BCUT2D eigenvalue weighted by Gasteiger charge is -2.23. The van der Waals surface area contributed by atoms with Crippen molar-refractivity contribution in [3.8, 4) is 12.3 Å². The van der Waals surface area contributed by atoms with Crippen molar-refractivity contribution < 1.29 is 23.7 Å². The lowest BCUT2D eigenvalue weighted by atomic mass is 9.97. The molecule has 23 heavy (non-hydrogen) atoms. The lowest BCUT2D eigenvalue weighted by Crippen LogP contribution is -2.42. The summed E-state index contributed by atoms with van der Waals surface area (Å²) in [5.41, 5.74) is 1.51. The summed E-state index contributed by atoms with van der Waals surface area (Å²) in [5.74, 6) is 0.462. The molecule has 1 aliphatic rings. The number of hydrogen-bond donors (Lipinski definition) is 4. The molecule has 1 saturated heterocycles. The van der Waals surface area contributed by atoms with Gasteiger partial charge in [0.15, 0.2) is 17.7 Å². The minimum atomic E-state index is -2.76. The number of aliphatic hydroxyl groups is 2. The maximum Gasteiger partial charge on any atom is 0.264 e. The number of nitrogens with zero attached hydrogens (tertiary/aromatic N) is 2. The van der Waals surface area contributed by atoms with Gasteiger partial charge in [0, 0.05) is 6.20 Å². The number of aromatic nitrogens is 3. The van der Waals surface area contributed by atoms with Gasteiger partial charge in [-0.2, -0.15) is 4.98 Å². The van der Waals surface area contributed by atoms with Gasteiger partial charge in [0.05, 0.1) is 6.61 Å². The van der Waals surface area contributed by atoms with E-state index in [1.807, 2.05) is 0 Å². The topological polar surface area (TPSA) is 126 Å². The lowest BCUT2D eigenvalue weighted by molar-refractivity contribution is -0.0503. The summed E-state index contributed by atoms with van der Waals surface area (Å²) in [4.78, 5) is 17.6. The van der Waals surface area contributed by atoms with Gasteiger partial charge >= 0.3 is 0 Å². The number of anilines is 1. The van der Waals surface area contributed by atoms with Crippen LogP contribution in [0.15, 0.2) is 11.0 Å². The van der Waals surface area contributed by atoms with Crippen molar-refractivity contribution in [2.45, 2.75) is 24.1 Å². The van der Waals surface area contributed by atoms with Gasteiger partial charge in [-0.3, -0.25) is 14.3 Å². The molecule has 0 aliphatic carbocycles. The predicted molar refractivity (Wildman–Crippen MR) is 74.4 cm³/mol. The molecule has 1 fully saturated rings. The zero-order chi connectivity index (χ0) is 16.9. The number of alkyl halides is 1. The van der Waals surface area contributed by atoms with Crippen molar-refractivity contribution in [3.63, 3.8) is 0 Å². The molecule has 1 aliphatic heterocycles. The first-order valence-corrected chi connectivity index (χ1v) is 6.50. The highest BCUT2D eigenvalue weighted by Gasteiger charge is 2.57. The number of nitrogen functional groups attached to an aromatic ring is 1. The third kappa shape index (κ3) is 2.02. The van der Waals surface area contributed by atoms with Gasteiger partial charge in [0.1, 0.15) is 17.6 Å². The van der Waals surface area contributed by atoms with E-state index in [4.69, 9.17) is 22.0 Å². The quantitative estimate of drug-likeness (QED) is 0.527. The number of aromatic amines is 1. The summed E-state index contributed by atoms with van der Waals surface area (Å²) in [5, 5.41) is 18.6. The molecule has 122 valence electrons. The Morgan fingerprint density at radius 3 is 2.96 bits per heavy atom. The number of ether oxygens (including phenoxy) is 1. The Kier molecular flexibility index (Phi) is 3.36. The van der Waals surface area contributed by atoms with Gasteiger partial charge < -0.3 is 20.7 Å². The van der Waals surface area contributed by atoms with Crippen molar-refractivity contribution in [2.24, 2.45) is 0 Å². The van der Waals surface area contributed by atoms with Crippen molar-refractivity contribution >= 4 is 17.0 Å². The largest absolute Gasteiger partial charge is 0.394 e. The average molecular weight is 326 g/mol. The zero-order valence-corrected chi connectivity index (χ0v) is 11.5. The fourth-order valence-electron chi connectivity index (χ4n) is 2.63. The molecule has 4 atom stereocenters. The standard InChI is InChI=1S/C13H12F2N4O4/c1-2-13(15)8(21)6(4-20)23-11(13)19-3-5(14)7-9(19)17-12(16)18-10(7)22/h1,3,6,8,11,20-21H,4H2,(H3,16,17,18,22)/t6-,8?,11-,13-/m1/s1. The van der Waals surface area contributed by atoms with E-state index in [2.05, 4.69) is 9.97 Å². The van der Waals surface area contributed by atoms with Crippen LogP contribution in [0, 0.1) is 18.2 Å². The van der Waals surface area contributed by atoms with Gasteiger partial charge in [0.2, 0.25) is 11.6 Å².